The van der Waals surface area contributed by atoms with Crippen LogP contribution in [0.2, 0.25) is 0 Å². The molecule has 2 aromatic rings. The van der Waals surface area contributed by atoms with E-state index in [9.17, 15) is 5.11 Å². The largest absolute Gasteiger partial charge is 0.469 e. The van der Waals surface area contributed by atoms with Crippen LogP contribution in [0.15, 0.2) is 47.1 Å². The lowest BCUT2D eigenvalue weighted by molar-refractivity contribution is -0.0373. The van der Waals surface area contributed by atoms with Crippen molar-refractivity contribution in [2.24, 2.45) is 0 Å². The fourth-order valence-corrected chi connectivity index (χ4v) is 2.16. The van der Waals surface area contributed by atoms with Crippen molar-refractivity contribution in [2.45, 2.75) is 18.6 Å². The number of furan rings is 1. The SMILES string of the molecule is O[C@H]1CC(c2ccco2)c2ccccc2O1. The molecule has 1 aliphatic rings. The second-order valence-electron chi connectivity index (χ2n) is 3.91. The van der Waals surface area contributed by atoms with Gasteiger partial charge >= 0.3 is 0 Å². The van der Waals surface area contributed by atoms with E-state index in [0.29, 0.717) is 6.42 Å². The molecule has 0 saturated heterocycles. The molecule has 3 nitrogen and oxygen atoms in total. The van der Waals surface area contributed by atoms with Crippen molar-refractivity contribution < 1.29 is 14.3 Å². The maximum atomic E-state index is 9.66. The maximum Gasteiger partial charge on any atom is 0.198 e. The van der Waals surface area contributed by atoms with Gasteiger partial charge in [0, 0.05) is 12.0 Å². The van der Waals surface area contributed by atoms with Crippen LogP contribution in [-0.4, -0.2) is 11.4 Å². The zero-order chi connectivity index (χ0) is 11.0. The average molecular weight is 216 g/mol. The van der Waals surface area contributed by atoms with Gasteiger partial charge in [0.1, 0.15) is 11.5 Å². The van der Waals surface area contributed by atoms with Crippen LogP contribution in [0.5, 0.6) is 5.75 Å². The molecule has 3 rings (SSSR count). The van der Waals surface area contributed by atoms with Gasteiger partial charge in [-0.05, 0) is 18.2 Å². The topological polar surface area (TPSA) is 42.6 Å². The van der Waals surface area contributed by atoms with Gasteiger partial charge in [-0.2, -0.15) is 0 Å². The van der Waals surface area contributed by atoms with Gasteiger partial charge in [-0.25, -0.2) is 0 Å². The normalized spacial score (nSPS) is 23.6. The molecule has 1 aromatic carbocycles. The van der Waals surface area contributed by atoms with Crippen molar-refractivity contribution in [1.82, 2.24) is 0 Å². The highest BCUT2D eigenvalue weighted by Crippen LogP contribution is 2.39. The Bertz CT molecular complexity index is 476. The van der Waals surface area contributed by atoms with Gasteiger partial charge in [0.05, 0.1) is 12.2 Å². The third kappa shape index (κ3) is 1.49. The summed E-state index contributed by atoms with van der Waals surface area (Å²) in [5.41, 5.74) is 1.07. The lowest BCUT2D eigenvalue weighted by Gasteiger charge is -2.28. The summed E-state index contributed by atoms with van der Waals surface area (Å²) in [6.45, 7) is 0. The zero-order valence-electron chi connectivity index (χ0n) is 8.67. The highest BCUT2D eigenvalue weighted by Gasteiger charge is 2.29. The lowest BCUT2D eigenvalue weighted by Crippen LogP contribution is -2.25. The predicted octanol–water partition coefficient (Wildman–Crippen LogP) is 2.51. The first-order valence-corrected chi connectivity index (χ1v) is 5.31. The molecular weight excluding hydrogens is 204 g/mol. The summed E-state index contributed by atoms with van der Waals surface area (Å²) >= 11 is 0. The van der Waals surface area contributed by atoms with Crippen LogP contribution in [0.4, 0.5) is 0 Å². The standard InChI is InChI=1S/C13H12O3/c14-13-8-10(11-6-3-7-15-11)9-4-1-2-5-12(9)16-13/h1-7,10,13-14H,8H2/t10?,13-/m1/s1. The van der Waals surface area contributed by atoms with Crippen molar-refractivity contribution in [3.8, 4) is 5.75 Å². The van der Waals surface area contributed by atoms with Gasteiger partial charge in [-0.15, -0.1) is 0 Å². The molecule has 2 atom stereocenters. The Kier molecular flexibility index (Phi) is 2.18. The first kappa shape index (κ1) is 9.48. The second kappa shape index (κ2) is 3.68. The van der Waals surface area contributed by atoms with E-state index in [1.165, 1.54) is 0 Å². The number of rotatable bonds is 1. The Balaban J connectivity index is 2.07. The minimum absolute atomic E-state index is 0.0787. The molecule has 0 aliphatic carbocycles. The van der Waals surface area contributed by atoms with E-state index in [1.807, 2.05) is 36.4 Å². The minimum atomic E-state index is -0.759. The Morgan fingerprint density at radius 3 is 2.81 bits per heavy atom. The molecule has 0 spiro atoms. The highest BCUT2D eigenvalue weighted by atomic mass is 16.6. The number of aliphatic hydroxyl groups is 1. The summed E-state index contributed by atoms with van der Waals surface area (Å²) in [4.78, 5) is 0. The van der Waals surface area contributed by atoms with Gasteiger partial charge in [0.15, 0.2) is 6.29 Å². The van der Waals surface area contributed by atoms with E-state index in [-0.39, 0.29) is 5.92 Å². The molecule has 82 valence electrons. The molecule has 2 heterocycles. The van der Waals surface area contributed by atoms with Crippen molar-refractivity contribution in [3.63, 3.8) is 0 Å². The fourth-order valence-electron chi connectivity index (χ4n) is 2.16. The molecule has 0 bridgehead atoms. The van der Waals surface area contributed by atoms with Gasteiger partial charge in [-0.3, -0.25) is 0 Å². The molecule has 0 fully saturated rings. The number of fused-ring (bicyclic) bond motifs is 1. The number of para-hydroxylation sites is 1. The summed E-state index contributed by atoms with van der Waals surface area (Å²) in [6, 6.07) is 11.5. The van der Waals surface area contributed by atoms with E-state index in [0.717, 1.165) is 17.1 Å². The maximum absolute atomic E-state index is 9.66. The van der Waals surface area contributed by atoms with Crippen LogP contribution >= 0.6 is 0 Å². The molecule has 0 radical (unpaired) electrons. The van der Waals surface area contributed by atoms with E-state index < -0.39 is 6.29 Å². The third-order valence-corrected chi connectivity index (χ3v) is 2.88. The summed E-state index contributed by atoms with van der Waals surface area (Å²) in [5.74, 6) is 1.69. The molecule has 1 unspecified atom stereocenters. The van der Waals surface area contributed by atoms with Gasteiger partial charge in [0.25, 0.3) is 0 Å². The van der Waals surface area contributed by atoms with Crippen LogP contribution in [0.25, 0.3) is 0 Å². The first-order chi connectivity index (χ1) is 7.84. The van der Waals surface area contributed by atoms with Gasteiger partial charge in [-0.1, -0.05) is 18.2 Å². The Morgan fingerprint density at radius 1 is 1.12 bits per heavy atom. The predicted molar refractivity (Wildman–Crippen MR) is 58.2 cm³/mol. The van der Waals surface area contributed by atoms with E-state index in [2.05, 4.69) is 0 Å². The molecule has 1 N–H and O–H groups in total. The monoisotopic (exact) mass is 216 g/mol. The summed E-state index contributed by atoms with van der Waals surface area (Å²) in [7, 11) is 0. The summed E-state index contributed by atoms with van der Waals surface area (Å²) < 4.78 is 10.8. The smallest absolute Gasteiger partial charge is 0.198 e. The van der Waals surface area contributed by atoms with Crippen LogP contribution in [0.3, 0.4) is 0 Å². The van der Waals surface area contributed by atoms with Crippen LogP contribution in [0, 0.1) is 0 Å². The molecule has 0 amide bonds. The number of benzene rings is 1. The quantitative estimate of drug-likeness (QED) is 0.796. The van der Waals surface area contributed by atoms with E-state index in [1.54, 1.807) is 6.26 Å². The van der Waals surface area contributed by atoms with E-state index >= 15 is 0 Å². The number of aliphatic hydroxyl groups excluding tert-OH is 1. The molecule has 1 aromatic heterocycles. The van der Waals surface area contributed by atoms with Gasteiger partial charge in [0.2, 0.25) is 0 Å². The summed E-state index contributed by atoms with van der Waals surface area (Å²) in [5, 5.41) is 9.66. The summed E-state index contributed by atoms with van der Waals surface area (Å²) in [6.07, 6.45) is 1.43. The van der Waals surface area contributed by atoms with Crippen LogP contribution < -0.4 is 4.74 Å². The van der Waals surface area contributed by atoms with Crippen LogP contribution in [-0.2, 0) is 0 Å². The molecule has 0 saturated carbocycles. The van der Waals surface area contributed by atoms with Crippen LogP contribution in [0.1, 0.15) is 23.7 Å². The second-order valence-corrected chi connectivity index (χ2v) is 3.91. The Hall–Kier alpha value is -1.74. The highest BCUT2D eigenvalue weighted by molar-refractivity contribution is 5.41. The minimum Gasteiger partial charge on any atom is -0.469 e. The number of hydrogen-bond donors (Lipinski definition) is 1. The van der Waals surface area contributed by atoms with Crippen molar-refractivity contribution in [3.05, 3.63) is 54.0 Å². The van der Waals surface area contributed by atoms with Gasteiger partial charge < -0.3 is 14.3 Å². The lowest BCUT2D eigenvalue weighted by atomic mass is 9.90. The molecule has 16 heavy (non-hydrogen) atoms. The Labute approximate surface area is 93.3 Å². The van der Waals surface area contributed by atoms with Crippen molar-refractivity contribution >= 4 is 0 Å². The Morgan fingerprint density at radius 2 is 2.00 bits per heavy atom. The molecule has 3 heteroatoms. The fraction of sp³-hybridized carbons (Fsp3) is 0.231. The van der Waals surface area contributed by atoms with Crippen molar-refractivity contribution in [1.29, 1.82) is 0 Å². The molecule has 1 aliphatic heterocycles. The van der Waals surface area contributed by atoms with Crippen molar-refractivity contribution in [2.75, 3.05) is 0 Å². The van der Waals surface area contributed by atoms with E-state index in [4.69, 9.17) is 9.15 Å². The number of hydrogen-bond acceptors (Lipinski definition) is 3. The zero-order valence-corrected chi connectivity index (χ0v) is 8.67. The number of ether oxygens (including phenoxy) is 1. The average Bonchev–Trinajstić information content (AvgIpc) is 2.81. The third-order valence-electron chi connectivity index (χ3n) is 2.88. The molecular formula is C13H12O3. The first-order valence-electron chi connectivity index (χ1n) is 5.31.